The van der Waals surface area contributed by atoms with Gasteiger partial charge in [0.15, 0.2) is 5.82 Å². The number of amides is 2. The molecule has 1 aromatic rings. The molecule has 3 N–H and O–H groups in total. The molecule has 0 aliphatic rings. The Balaban J connectivity index is 2.70. The Hall–Kier alpha value is -1.18. The lowest BCUT2D eigenvalue weighted by Crippen LogP contribution is -2.43. The minimum atomic E-state index is -1.13. The molecule has 21 heavy (non-hydrogen) atoms. The number of carbonyl (C=O) groups is 2. The average Bonchev–Trinajstić information content (AvgIpc) is 2.40. The molecule has 0 aliphatic heterocycles. The minimum Gasteiger partial charge on any atom is -0.480 e. The fourth-order valence-corrected chi connectivity index (χ4v) is 2.40. The van der Waals surface area contributed by atoms with Crippen LogP contribution in [0, 0.1) is 5.82 Å². The predicted octanol–water partition coefficient (Wildman–Crippen LogP) is 3.46. The van der Waals surface area contributed by atoms with Gasteiger partial charge in [0.1, 0.15) is 6.04 Å². The quantitative estimate of drug-likeness (QED) is 0.683. The lowest BCUT2D eigenvalue weighted by atomic mass is 10.2. The van der Waals surface area contributed by atoms with Crippen LogP contribution in [0.5, 0.6) is 0 Å². The molecular weight excluding hydrogens is 342 g/mol. The number of carbonyl (C=O) groups excluding carboxylic acids is 1. The van der Waals surface area contributed by atoms with E-state index in [0.717, 1.165) is 0 Å². The van der Waals surface area contributed by atoms with Crippen molar-refractivity contribution in [2.75, 3.05) is 17.3 Å². The van der Waals surface area contributed by atoms with Gasteiger partial charge < -0.3 is 15.7 Å². The van der Waals surface area contributed by atoms with E-state index in [0.29, 0.717) is 5.75 Å². The molecule has 0 saturated heterocycles. The fourth-order valence-electron chi connectivity index (χ4n) is 1.45. The summed E-state index contributed by atoms with van der Waals surface area (Å²) in [5.74, 6) is -1.33. The number of anilines is 1. The van der Waals surface area contributed by atoms with Crippen LogP contribution < -0.4 is 10.6 Å². The summed E-state index contributed by atoms with van der Waals surface area (Å²) in [6, 6.07) is 0.617. The molecular formula is C12H13Cl2FN2O3S. The fraction of sp³-hybridized carbons (Fsp3) is 0.333. The molecule has 0 aromatic heterocycles. The zero-order valence-electron chi connectivity index (χ0n) is 11.0. The van der Waals surface area contributed by atoms with Gasteiger partial charge in [-0.1, -0.05) is 23.2 Å². The highest BCUT2D eigenvalue weighted by molar-refractivity contribution is 7.98. The molecule has 116 valence electrons. The van der Waals surface area contributed by atoms with Gasteiger partial charge in [0.2, 0.25) is 0 Å². The van der Waals surface area contributed by atoms with E-state index in [4.69, 9.17) is 28.3 Å². The van der Waals surface area contributed by atoms with Crippen molar-refractivity contribution >= 4 is 52.7 Å². The van der Waals surface area contributed by atoms with Crippen molar-refractivity contribution in [3.8, 4) is 0 Å². The maximum absolute atomic E-state index is 13.2. The second-order valence-corrected chi connectivity index (χ2v) is 5.82. The van der Waals surface area contributed by atoms with E-state index in [2.05, 4.69) is 10.6 Å². The third-order valence-corrected chi connectivity index (χ3v) is 3.65. The van der Waals surface area contributed by atoms with Crippen LogP contribution in [0.3, 0.4) is 0 Å². The first kappa shape index (κ1) is 17.9. The standard InChI is InChI=1S/C12H13Cl2FN2O3S/c1-21-3-2-9(11(18)19)17-12(20)16-6-4-7(13)10(15)8(14)5-6/h4-5,9H,2-3H2,1H3,(H,18,19)(H2,16,17,20). The zero-order valence-corrected chi connectivity index (χ0v) is 13.3. The molecule has 0 fully saturated rings. The number of hydrogen-bond acceptors (Lipinski definition) is 3. The number of urea groups is 1. The Morgan fingerprint density at radius 2 is 1.95 bits per heavy atom. The molecule has 5 nitrogen and oxygen atoms in total. The van der Waals surface area contributed by atoms with Gasteiger partial charge in [0, 0.05) is 5.69 Å². The lowest BCUT2D eigenvalue weighted by molar-refractivity contribution is -0.139. The summed E-state index contributed by atoms with van der Waals surface area (Å²) in [7, 11) is 0. The first-order valence-electron chi connectivity index (χ1n) is 5.79. The van der Waals surface area contributed by atoms with Crippen molar-refractivity contribution in [1.29, 1.82) is 0 Å². The van der Waals surface area contributed by atoms with Gasteiger partial charge in [0.05, 0.1) is 10.0 Å². The van der Waals surface area contributed by atoms with Crippen molar-refractivity contribution in [3.63, 3.8) is 0 Å². The number of carboxylic acids is 1. The number of rotatable bonds is 6. The van der Waals surface area contributed by atoms with Crippen LogP contribution in [-0.2, 0) is 4.79 Å². The number of halogens is 3. The van der Waals surface area contributed by atoms with Gasteiger partial charge in [-0.25, -0.2) is 14.0 Å². The minimum absolute atomic E-state index is 0.165. The summed E-state index contributed by atoms with van der Waals surface area (Å²) in [6.45, 7) is 0. The molecule has 2 amide bonds. The van der Waals surface area contributed by atoms with Gasteiger partial charge in [-0.05, 0) is 30.6 Å². The molecule has 1 rings (SSSR count). The highest BCUT2D eigenvalue weighted by atomic mass is 35.5. The normalized spacial score (nSPS) is 11.8. The molecule has 9 heteroatoms. The maximum atomic E-state index is 13.2. The lowest BCUT2D eigenvalue weighted by Gasteiger charge is -2.15. The number of nitrogens with one attached hydrogen (secondary N) is 2. The molecule has 1 atom stereocenters. The first-order chi connectivity index (χ1) is 9.85. The van der Waals surface area contributed by atoms with E-state index < -0.39 is 23.9 Å². The molecule has 0 bridgehead atoms. The summed E-state index contributed by atoms with van der Waals surface area (Å²) in [5, 5.41) is 13.2. The highest BCUT2D eigenvalue weighted by Gasteiger charge is 2.19. The van der Waals surface area contributed by atoms with Gasteiger partial charge in [-0.3, -0.25) is 0 Å². The molecule has 0 heterocycles. The van der Waals surface area contributed by atoms with Crippen LogP contribution in [0.4, 0.5) is 14.9 Å². The van der Waals surface area contributed by atoms with E-state index in [1.54, 1.807) is 0 Å². The third kappa shape index (κ3) is 5.61. The van der Waals surface area contributed by atoms with Crippen molar-refractivity contribution < 1.29 is 19.1 Å². The van der Waals surface area contributed by atoms with E-state index >= 15 is 0 Å². The maximum Gasteiger partial charge on any atom is 0.326 e. The van der Waals surface area contributed by atoms with E-state index in [9.17, 15) is 14.0 Å². The number of hydrogen-bond donors (Lipinski definition) is 3. The number of carboxylic acid groups (broad SMARTS) is 1. The third-order valence-electron chi connectivity index (χ3n) is 2.46. The Labute approximate surface area is 135 Å². The summed E-state index contributed by atoms with van der Waals surface area (Å²) in [4.78, 5) is 22.7. The van der Waals surface area contributed by atoms with Gasteiger partial charge in [0.25, 0.3) is 0 Å². The second-order valence-electron chi connectivity index (χ2n) is 4.02. The van der Waals surface area contributed by atoms with Gasteiger partial charge in [-0.15, -0.1) is 0 Å². The molecule has 0 radical (unpaired) electrons. The van der Waals surface area contributed by atoms with Crippen LogP contribution in [0.1, 0.15) is 6.42 Å². The van der Waals surface area contributed by atoms with Crippen LogP contribution in [0.2, 0.25) is 10.0 Å². The molecule has 1 aromatic carbocycles. The van der Waals surface area contributed by atoms with E-state index in [-0.39, 0.29) is 22.2 Å². The monoisotopic (exact) mass is 354 g/mol. The molecule has 0 saturated carbocycles. The Kier molecular flexibility index (Phi) is 7.07. The van der Waals surface area contributed by atoms with Gasteiger partial charge in [-0.2, -0.15) is 11.8 Å². The Bertz CT molecular complexity index is 522. The first-order valence-corrected chi connectivity index (χ1v) is 7.94. The van der Waals surface area contributed by atoms with Crippen molar-refractivity contribution in [2.24, 2.45) is 0 Å². The van der Waals surface area contributed by atoms with Crippen LogP contribution >= 0.6 is 35.0 Å². The van der Waals surface area contributed by atoms with Gasteiger partial charge >= 0.3 is 12.0 Å². The van der Waals surface area contributed by atoms with Crippen LogP contribution in [0.15, 0.2) is 12.1 Å². The van der Waals surface area contributed by atoms with Crippen molar-refractivity contribution in [1.82, 2.24) is 5.32 Å². The number of aliphatic carboxylic acids is 1. The highest BCUT2D eigenvalue weighted by Crippen LogP contribution is 2.27. The van der Waals surface area contributed by atoms with Crippen molar-refractivity contribution in [3.05, 3.63) is 28.0 Å². The number of thioether (sulfide) groups is 1. The summed E-state index contributed by atoms with van der Waals surface area (Å²) in [6.07, 6.45) is 2.12. The summed E-state index contributed by atoms with van der Waals surface area (Å²) < 4.78 is 13.2. The van der Waals surface area contributed by atoms with Crippen molar-refractivity contribution in [2.45, 2.75) is 12.5 Å². The SMILES string of the molecule is CSCCC(NC(=O)Nc1cc(Cl)c(F)c(Cl)c1)C(=O)O. The second kappa shape index (κ2) is 8.31. The Morgan fingerprint density at radius 3 is 2.43 bits per heavy atom. The zero-order chi connectivity index (χ0) is 16.0. The molecule has 1 unspecified atom stereocenters. The van der Waals surface area contributed by atoms with Crippen LogP contribution in [-0.4, -0.2) is 35.2 Å². The van der Waals surface area contributed by atoms with E-state index in [1.165, 1.54) is 23.9 Å². The molecule has 0 spiro atoms. The summed E-state index contributed by atoms with van der Waals surface area (Å²) in [5.41, 5.74) is 0.165. The Morgan fingerprint density at radius 1 is 1.38 bits per heavy atom. The number of benzene rings is 1. The predicted molar refractivity (Wildman–Crippen MR) is 83.0 cm³/mol. The van der Waals surface area contributed by atoms with Crippen LogP contribution in [0.25, 0.3) is 0 Å². The average molecular weight is 355 g/mol. The van der Waals surface area contributed by atoms with E-state index in [1.807, 2.05) is 6.26 Å². The molecule has 0 aliphatic carbocycles. The topological polar surface area (TPSA) is 78.4 Å². The summed E-state index contributed by atoms with van der Waals surface area (Å²) >= 11 is 12.7. The smallest absolute Gasteiger partial charge is 0.326 e. The largest absolute Gasteiger partial charge is 0.480 e.